The van der Waals surface area contributed by atoms with Gasteiger partial charge in [-0.05, 0) is 19.1 Å². The van der Waals surface area contributed by atoms with Gasteiger partial charge in [0.1, 0.15) is 11.8 Å². The summed E-state index contributed by atoms with van der Waals surface area (Å²) in [7, 11) is 0. The number of nitro benzene ring substituents is 1. The summed E-state index contributed by atoms with van der Waals surface area (Å²) in [6.07, 6.45) is -1.49. The molecule has 0 saturated carbocycles. The summed E-state index contributed by atoms with van der Waals surface area (Å²) < 4.78 is 0. The Morgan fingerprint density at radius 3 is 2.67 bits per heavy atom. The van der Waals surface area contributed by atoms with Crippen LogP contribution in [0.15, 0.2) is 18.2 Å². The van der Waals surface area contributed by atoms with E-state index in [1.165, 1.54) is 18.2 Å². The van der Waals surface area contributed by atoms with Crippen LogP contribution in [-0.2, 0) is 4.79 Å². The van der Waals surface area contributed by atoms with Crippen LogP contribution in [0.1, 0.15) is 17.3 Å². The zero-order valence-corrected chi connectivity index (χ0v) is 11.3. The Morgan fingerprint density at radius 2 is 2.14 bits per heavy atom. The standard InChI is InChI=1S/C12H16N4O5/c1-2-14-12(19)7-3-4-9(16(20)21)8(5-7)15-6-10(17)11(13)18/h3-5,10,15,17H,2,6H2,1H3,(H2,13,18)(H,14,19). The summed E-state index contributed by atoms with van der Waals surface area (Å²) in [5.41, 5.74) is 4.85. The molecular formula is C12H16N4O5. The fourth-order valence-electron chi connectivity index (χ4n) is 1.55. The molecule has 0 aliphatic carbocycles. The quantitative estimate of drug-likeness (QED) is 0.397. The second kappa shape index (κ2) is 7.20. The first-order chi connectivity index (χ1) is 9.86. The molecule has 2 amide bonds. The highest BCUT2D eigenvalue weighted by molar-refractivity contribution is 5.95. The van der Waals surface area contributed by atoms with Crippen LogP contribution in [0.3, 0.4) is 0 Å². The van der Waals surface area contributed by atoms with E-state index in [9.17, 15) is 24.8 Å². The average Bonchev–Trinajstić information content (AvgIpc) is 2.44. The van der Waals surface area contributed by atoms with E-state index >= 15 is 0 Å². The van der Waals surface area contributed by atoms with Gasteiger partial charge in [-0.15, -0.1) is 0 Å². The third-order valence-corrected chi connectivity index (χ3v) is 2.61. The molecule has 114 valence electrons. The number of hydrogen-bond acceptors (Lipinski definition) is 6. The molecule has 0 fully saturated rings. The molecule has 1 atom stereocenters. The van der Waals surface area contributed by atoms with Crippen LogP contribution >= 0.6 is 0 Å². The predicted molar refractivity (Wildman–Crippen MR) is 74.8 cm³/mol. The molecule has 9 nitrogen and oxygen atoms in total. The maximum Gasteiger partial charge on any atom is 0.292 e. The molecule has 1 unspecified atom stereocenters. The minimum absolute atomic E-state index is 0.0176. The highest BCUT2D eigenvalue weighted by Crippen LogP contribution is 2.25. The molecule has 1 aromatic carbocycles. The second-order valence-corrected chi connectivity index (χ2v) is 4.15. The molecule has 0 bridgehead atoms. The van der Waals surface area contributed by atoms with Gasteiger partial charge in [-0.1, -0.05) is 0 Å². The van der Waals surface area contributed by atoms with Crippen LogP contribution in [-0.4, -0.2) is 41.0 Å². The van der Waals surface area contributed by atoms with Gasteiger partial charge in [0.15, 0.2) is 0 Å². The van der Waals surface area contributed by atoms with Crippen molar-refractivity contribution in [3.8, 4) is 0 Å². The summed E-state index contributed by atoms with van der Waals surface area (Å²) in [6, 6.07) is 3.76. The summed E-state index contributed by atoms with van der Waals surface area (Å²) in [4.78, 5) is 32.7. The number of carbonyl (C=O) groups excluding carboxylic acids is 2. The van der Waals surface area contributed by atoms with Crippen LogP contribution in [0.25, 0.3) is 0 Å². The third-order valence-electron chi connectivity index (χ3n) is 2.61. The van der Waals surface area contributed by atoms with Crippen LogP contribution in [0.4, 0.5) is 11.4 Å². The molecule has 0 aromatic heterocycles. The Hall–Kier alpha value is -2.68. The monoisotopic (exact) mass is 296 g/mol. The van der Waals surface area contributed by atoms with Gasteiger partial charge in [0.25, 0.3) is 11.6 Å². The number of nitrogens with two attached hydrogens (primary N) is 1. The molecule has 1 aromatic rings. The molecule has 0 radical (unpaired) electrons. The Labute approximate surface area is 120 Å². The zero-order valence-electron chi connectivity index (χ0n) is 11.3. The smallest absolute Gasteiger partial charge is 0.292 e. The Bertz CT molecular complexity index is 561. The fourth-order valence-corrected chi connectivity index (χ4v) is 1.55. The van der Waals surface area contributed by atoms with Crippen LogP contribution in [0, 0.1) is 10.1 Å². The largest absolute Gasteiger partial charge is 0.381 e. The van der Waals surface area contributed by atoms with Gasteiger partial charge in [0.2, 0.25) is 5.91 Å². The van der Waals surface area contributed by atoms with Crippen molar-refractivity contribution in [2.45, 2.75) is 13.0 Å². The summed E-state index contributed by atoms with van der Waals surface area (Å²) in [6.45, 7) is 1.86. The molecule has 21 heavy (non-hydrogen) atoms. The Balaban J connectivity index is 3.01. The number of amides is 2. The van der Waals surface area contributed by atoms with Crippen molar-refractivity contribution in [2.75, 3.05) is 18.4 Å². The van der Waals surface area contributed by atoms with Gasteiger partial charge in [0, 0.05) is 18.2 Å². The summed E-state index contributed by atoms with van der Waals surface area (Å²) in [5.74, 6) is -1.34. The number of carbonyl (C=O) groups is 2. The lowest BCUT2D eigenvalue weighted by atomic mass is 10.1. The number of rotatable bonds is 7. The number of benzene rings is 1. The minimum Gasteiger partial charge on any atom is -0.381 e. The first-order valence-electron chi connectivity index (χ1n) is 6.14. The topological polar surface area (TPSA) is 148 Å². The van der Waals surface area contributed by atoms with Crippen molar-refractivity contribution in [3.63, 3.8) is 0 Å². The molecule has 1 rings (SSSR count). The Kier molecular flexibility index (Phi) is 5.61. The van der Waals surface area contributed by atoms with Crippen LogP contribution in [0.2, 0.25) is 0 Å². The first kappa shape index (κ1) is 16.4. The van der Waals surface area contributed by atoms with Gasteiger partial charge in [-0.3, -0.25) is 19.7 Å². The first-order valence-corrected chi connectivity index (χ1v) is 6.14. The number of hydrogen-bond donors (Lipinski definition) is 4. The zero-order chi connectivity index (χ0) is 16.0. The number of nitro groups is 1. The van der Waals surface area contributed by atoms with Crippen molar-refractivity contribution >= 4 is 23.2 Å². The maximum atomic E-state index is 11.7. The van der Waals surface area contributed by atoms with Gasteiger partial charge in [0.05, 0.1) is 11.5 Å². The van der Waals surface area contributed by atoms with Crippen molar-refractivity contribution in [3.05, 3.63) is 33.9 Å². The minimum atomic E-state index is -1.49. The highest BCUT2D eigenvalue weighted by atomic mass is 16.6. The van der Waals surface area contributed by atoms with E-state index in [1.807, 2.05) is 0 Å². The molecule has 0 aliphatic rings. The molecule has 0 saturated heterocycles. The number of nitrogens with zero attached hydrogens (tertiary/aromatic N) is 1. The number of primary amides is 1. The highest BCUT2D eigenvalue weighted by Gasteiger charge is 2.18. The average molecular weight is 296 g/mol. The maximum absolute atomic E-state index is 11.7. The molecule has 0 heterocycles. The predicted octanol–water partition coefficient (Wildman–Crippen LogP) is -0.397. The van der Waals surface area contributed by atoms with Crippen molar-refractivity contribution in [2.24, 2.45) is 5.73 Å². The van der Waals surface area contributed by atoms with Crippen molar-refractivity contribution in [1.82, 2.24) is 5.32 Å². The van der Waals surface area contributed by atoms with E-state index in [-0.39, 0.29) is 29.4 Å². The summed E-state index contributed by atoms with van der Waals surface area (Å²) in [5, 5.41) is 25.3. The number of anilines is 1. The van der Waals surface area contributed by atoms with E-state index < -0.39 is 16.9 Å². The molecule has 0 aliphatic heterocycles. The van der Waals surface area contributed by atoms with Gasteiger partial charge in [-0.2, -0.15) is 0 Å². The van der Waals surface area contributed by atoms with Crippen LogP contribution < -0.4 is 16.4 Å². The van der Waals surface area contributed by atoms with Gasteiger partial charge >= 0.3 is 0 Å². The number of nitrogens with one attached hydrogen (secondary N) is 2. The van der Waals surface area contributed by atoms with Crippen molar-refractivity contribution in [1.29, 1.82) is 0 Å². The lowest BCUT2D eigenvalue weighted by Gasteiger charge is -2.11. The lowest BCUT2D eigenvalue weighted by molar-refractivity contribution is -0.384. The second-order valence-electron chi connectivity index (χ2n) is 4.15. The van der Waals surface area contributed by atoms with E-state index in [1.54, 1.807) is 6.92 Å². The molecule has 9 heteroatoms. The SMILES string of the molecule is CCNC(=O)c1ccc([N+](=O)[O-])c(NCC(O)C(N)=O)c1. The van der Waals surface area contributed by atoms with E-state index in [0.717, 1.165) is 0 Å². The van der Waals surface area contributed by atoms with E-state index in [2.05, 4.69) is 10.6 Å². The Morgan fingerprint density at radius 1 is 1.48 bits per heavy atom. The molecular weight excluding hydrogens is 280 g/mol. The number of aliphatic hydroxyl groups excluding tert-OH is 1. The molecule has 0 spiro atoms. The van der Waals surface area contributed by atoms with Gasteiger partial charge < -0.3 is 21.5 Å². The van der Waals surface area contributed by atoms with Crippen molar-refractivity contribution < 1.29 is 19.6 Å². The lowest BCUT2D eigenvalue weighted by Crippen LogP contribution is -2.34. The third kappa shape index (κ3) is 4.42. The van der Waals surface area contributed by atoms with E-state index in [4.69, 9.17) is 5.73 Å². The fraction of sp³-hybridized carbons (Fsp3) is 0.333. The molecule has 5 N–H and O–H groups in total. The normalized spacial score (nSPS) is 11.5. The van der Waals surface area contributed by atoms with Crippen LogP contribution in [0.5, 0.6) is 0 Å². The van der Waals surface area contributed by atoms with Gasteiger partial charge in [-0.25, -0.2) is 0 Å². The number of aliphatic hydroxyl groups is 1. The summed E-state index contributed by atoms with van der Waals surface area (Å²) >= 11 is 0. The van der Waals surface area contributed by atoms with E-state index in [0.29, 0.717) is 6.54 Å².